The zero-order chi connectivity index (χ0) is 12.9. The van der Waals surface area contributed by atoms with Gasteiger partial charge in [0.25, 0.3) is 0 Å². The predicted octanol–water partition coefficient (Wildman–Crippen LogP) is 3.71. The second-order valence-electron chi connectivity index (χ2n) is 4.65. The summed E-state index contributed by atoms with van der Waals surface area (Å²) in [7, 11) is 0. The van der Waals surface area contributed by atoms with E-state index < -0.39 is 11.6 Å². The summed E-state index contributed by atoms with van der Waals surface area (Å²) in [5.41, 5.74) is -0.206. The summed E-state index contributed by atoms with van der Waals surface area (Å²) in [4.78, 5) is 0. The van der Waals surface area contributed by atoms with E-state index in [2.05, 4.69) is 11.4 Å². The van der Waals surface area contributed by atoms with Crippen LogP contribution in [0.1, 0.15) is 26.7 Å². The molecule has 1 aromatic rings. The number of hydrogen-bond donors (Lipinski definition) is 1. The van der Waals surface area contributed by atoms with E-state index in [1.807, 2.05) is 13.8 Å². The molecule has 1 N–H and O–H groups in total. The number of anilines is 1. The van der Waals surface area contributed by atoms with Crippen molar-refractivity contribution in [1.29, 1.82) is 5.26 Å². The third kappa shape index (κ3) is 4.39. The third-order valence-corrected chi connectivity index (χ3v) is 2.53. The molecule has 0 aliphatic carbocycles. The van der Waals surface area contributed by atoms with Crippen LogP contribution in [0.15, 0.2) is 18.2 Å². The summed E-state index contributed by atoms with van der Waals surface area (Å²) in [6, 6.07) is 5.51. The van der Waals surface area contributed by atoms with Gasteiger partial charge in [-0.05, 0) is 44.9 Å². The number of rotatable bonds is 5. The van der Waals surface area contributed by atoms with Crippen LogP contribution in [0.4, 0.5) is 14.5 Å². The van der Waals surface area contributed by atoms with E-state index in [-0.39, 0.29) is 11.1 Å². The minimum absolute atomic E-state index is 0.166. The second-order valence-corrected chi connectivity index (χ2v) is 4.65. The summed E-state index contributed by atoms with van der Waals surface area (Å²) in [5.74, 6) is -0.933. The molecule has 0 atom stereocenters. The lowest BCUT2D eigenvalue weighted by atomic mass is 9.90. The molecule has 0 aliphatic heterocycles. The maximum Gasteiger partial charge on any atom is 0.146 e. The monoisotopic (exact) mass is 238 g/mol. The van der Waals surface area contributed by atoms with Crippen molar-refractivity contribution < 1.29 is 8.78 Å². The number of nitrogens with zero attached hydrogens (tertiary/aromatic N) is 1. The number of nitrogens with one attached hydrogen (secondary N) is 1. The minimum atomic E-state index is -0.467. The maximum absolute atomic E-state index is 13.2. The first-order valence-electron chi connectivity index (χ1n) is 5.55. The van der Waals surface area contributed by atoms with E-state index in [1.54, 1.807) is 0 Å². The SMILES string of the molecule is CC(C)(C#N)CCCNc1cc(F)ccc1F. The van der Waals surface area contributed by atoms with Crippen molar-refractivity contribution in [1.82, 2.24) is 0 Å². The van der Waals surface area contributed by atoms with Crippen molar-refractivity contribution in [2.24, 2.45) is 5.41 Å². The van der Waals surface area contributed by atoms with Gasteiger partial charge in [0, 0.05) is 6.54 Å². The highest BCUT2D eigenvalue weighted by Gasteiger charge is 2.15. The molecule has 0 saturated carbocycles. The fraction of sp³-hybridized carbons (Fsp3) is 0.462. The molecule has 0 aliphatic rings. The first-order chi connectivity index (χ1) is 7.94. The van der Waals surface area contributed by atoms with Gasteiger partial charge in [0.05, 0.1) is 17.2 Å². The Balaban J connectivity index is 2.42. The number of benzene rings is 1. The Hall–Kier alpha value is -1.63. The predicted molar refractivity (Wildman–Crippen MR) is 63.5 cm³/mol. The molecule has 4 heteroatoms. The highest BCUT2D eigenvalue weighted by atomic mass is 19.1. The molecule has 0 heterocycles. The molecule has 0 unspecified atom stereocenters. The van der Waals surface area contributed by atoms with E-state index in [4.69, 9.17) is 5.26 Å². The molecule has 0 spiro atoms. The lowest BCUT2D eigenvalue weighted by Crippen LogP contribution is -2.11. The Morgan fingerprint density at radius 2 is 2.06 bits per heavy atom. The number of nitriles is 1. The molecule has 0 amide bonds. The van der Waals surface area contributed by atoms with E-state index in [9.17, 15) is 8.78 Å². The van der Waals surface area contributed by atoms with Crippen LogP contribution in [0.3, 0.4) is 0 Å². The second kappa shape index (κ2) is 5.62. The molecule has 0 bridgehead atoms. The summed E-state index contributed by atoms with van der Waals surface area (Å²) < 4.78 is 26.1. The third-order valence-electron chi connectivity index (χ3n) is 2.53. The molecular weight excluding hydrogens is 222 g/mol. The van der Waals surface area contributed by atoms with Crippen molar-refractivity contribution in [3.05, 3.63) is 29.8 Å². The number of hydrogen-bond acceptors (Lipinski definition) is 2. The van der Waals surface area contributed by atoms with Crippen LogP contribution < -0.4 is 5.32 Å². The summed E-state index contributed by atoms with van der Waals surface area (Å²) in [6.07, 6.45) is 1.45. The smallest absolute Gasteiger partial charge is 0.146 e. The average Bonchev–Trinajstić information content (AvgIpc) is 2.29. The highest BCUT2D eigenvalue weighted by Crippen LogP contribution is 2.21. The van der Waals surface area contributed by atoms with Crippen molar-refractivity contribution in [3.8, 4) is 6.07 Å². The Labute approximate surface area is 100 Å². The maximum atomic E-state index is 13.2. The minimum Gasteiger partial charge on any atom is -0.383 e. The Morgan fingerprint density at radius 3 is 2.71 bits per heavy atom. The van der Waals surface area contributed by atoms with Crippen LogP contribution in [0.25, 0.3) is 0 Å². The zero-order valence-corrected chi connectivity index (χ0v) is 10.1. The average molecular weight is 238 g/mol. The van der Waals surface area contributed by atoms with Crippen LogP contribution in [0.5, 0.6) is 0 Å². The normalized spacial score (nSPS) is 11.0. The topological polar surface area (TPSA) is 35.8 Å². The summed E-state index contributed by atoms with van der Waals surface area (Å²) >= 11 is 0. The molecular formula is C13H16F2N2. The quantitative estimate of drug-likeness (QED) is 0.794. The first kappa shape index (κ1) is 13.4. The molecule has 0 fully saturated rings. The van der Waals surface area contributed by atoms with Gasteiger partial charge >= 0.3 is 0 Å². The number of halogens is 2. The van der Waals surface area contributed by atoms with E-state index in [0.29, 0.717) is 13.0 Å². The molecule has 0 radical (unpaired) electrons. The van der Waals surface area contributed by atoms with Gasteiger partial charge in [-0.3, -0.25) is 0 Å². The Morgan fingerprint density at radius 1 is 1.35 bits per heavy atom. The molecule has 1 aromatic carbocycles. The lowest BCUT2D eigenvalue weighted by Gasteiger charge is -2.15. The molecule has 0 aromatic heterocycles. The van der Waals surface area contributed by atoms with Crippen LogP contribution in [-0.2, 0) is 0 Å². The van der Waals surface area contributed by atoms with Gasteiger partial charge in [-0.15, -0.1) is 0 Å². The van der Waals surface area contributed by atoms with Crippen molar-refractivity contribution in [3.63, 3.8) is 0 Å². The van der Waals surface area contributed by atoms with Crippen LogP contribution in [-0.4, -0.2) is 6.54 Å². The van der Waals surface area contributed by atoms with E-state index in [0.717, 1.165) is 24.6 Å². The first-order valence-corrected chi connectivity index (χ1v) is 5.55. The van der Waals surface area contributed by atoms with Gasteiger partial charge in [0.15, 0.2) is 0 Å². The van der Waals surface area contributed by atoms with Crippen LogP contribution in [0.2, 0.25) is 0 Å². The molecule has 92 valence electrons. The van der Waals surface area contributed by atoms with Crippen molar-refractivity contribution in [2.75, 3.05) is 11.9 Å². The van der Waals surface area contributed by atoms with Crippen molar-refractivity contribution >= 4 is 5.69 Å². The fourth-order valence-corrected chi connectivity index (χ4v) is 1.44. The van der Waals surface area contributed by atoms with E-state index >= 15 is 0 Å². The standard InChI is InChI=1S/C13H16F2N2/c1-13(2,9-16)6-3-7-17-12-8-10(14)4-5-11(12)15/h4-5,8,17H,3,6-7H2,1-2H3. The molecule has 0 saturated heterocycles. The molecule has 17 heavy (non-hydrogen) atoms. The zero-order valence-electron chi connectivity index (χ0n) is 10.1. The van der Waals surface area contributed by atoms with Gasteiger partial charge in [0.2, 0.25) is 0 Å². The van der Waals surface area contributed by atoms with Gasteiger partial charge in [-0.2, -0.15) is 5.26 Å². The molecule has 2 nitrogen and oxygen atoms in total. The van der Waals surface area contributed by atoms with Gasteiger partial charge < -0.3 is 5.32 Å². The largest absolute Gasteiger partial charge is 0.383 e. The van der Waals surface area contributed by atoms with Gasteiger partial charge in [-0.25, -0.2) is 8.78 Å². The van der Waals surface area contributed by atoms with Crippen molar-refractivity contribution in [2.45, 2.75) is 26.7 Å². The highest BCUT2D eigenvalue weighted by molar-refractivity contribution is 5.44. The fourth-order valence-electron chi connectivity index (χ4n) is 1.44. The van der Waals surface area contributed by atoms with Gasteiger partial charge in [-0.1, -0.05) is 0 Å². The lowest BCUT2D eigenvalue weighted by molar-refractivity contribution is 0.441. The molecule has 1 rings (SSSR count). The van der Waals surface area contributed by atoms with Crippen LogP contribution in [0, 0.1) is 28.4 Å². The van der Waals surface area contributed by atoms with E-state index in [1.165, 1.54) is 0 Å². The van der Waals surface area contributed by atoms with Crippen LogP contribution >= 0.6 is 0 Å². The Kier molecular flexibility index (Phi) is 4.45. The summed E-state index contributed by atoms with van der Waals surface area (Å²) in [5, 5.41) is 11.6. The van der Waals surface area contributed by atoms with Gasteiger partial charge in [0.1, 0.15) is 11.6 Å². The summed E-state index contributed by atoms with van der Waals surface area (Å²) in [6.45, 7) is 4.23. The Bertz CT molecular complexity index is 422.